The number of likely N-dealkylation sites (N-methyl/N-ethyl adjacent to an activating group) is 1. The second-order valence-corrected chi connectivity index (χ2v) is 7.17. The topological polar surface area (TPSA) is 92.5 Å². The lowest BCUT2D eigenvalue weighted by Gasteiger charge is -2.30. The number of aryl methyl sites for hydroxylation is 1. The van der Waals surface area contributed by atoms with E-state index >= 15 is 0 Å². The van der Waals surface area contributed by atoms with E-state index < -0.39 is 21.5 Å². The predicted octanol–water partition coefficient (Wildman–Crippen LogP) is 1.06. The van der Waals surface area contributed by atoms with Crippen LogP contribution in [-0.4, -0.2) is 46.2 Å². The smallest absolute Gasteiger partial charge is 0.324 e. The van der Waals surface area contributed by atoms with Crippen molar-refractivity contribution in [1.29, 1.82) is 0 Å². The summed E-state index contributed by atoms with van der Waals surface area (Å²) >= 11 is 0. The number of hydrogen-bond donors (Lipinski definition) is 1. The van der Waals surface area contributed by atoms with Crippen LogP contribution >= 0.6 is 0 Å². The molecule has 0 aliphatic rings. The molecule has 0 aliphatic heterocycles. The Kier molecular flexibility index (Phi) is 3.54. The van der Waals surface area contributed by atoms with Crippen molar-refractivity contribution in [1.82, 2.24) is 14.1 Å². The molecule has 1 heterocycles. The van der Waals surface area contributed by atoms with Crippen molar-refractivity contribution >= 4 is 26.9 Å². The number of aromatic nitrogens is 2. The monoisotopic (exact) mass is 311 g/mol. The van der Waals surface area contributed by atoms with E-state index in [0.717, 1.165) is 4.31 Å². The highest BCUT2D eigenvalue weighted by Crippen LogP contribution is 2.28. The third kappa shape index (κ3) is 2.30. The lowest BCUT2D eigenvalue weighted by molar-refractivity contribution is -0.145. The van der Waals surface area contributed by atoms with Crippen LogP contribution < -0.4 is 0 Å². The molecule has 21 heavy (non-hydrogen) atoms. The Morgan fingerprint density at radius 1 is 1.33 bits per heavy atom. The molecular weight excluding hydrogens is 294 g/mol. The zero-order chi connectivity index (χ0) is 16.0. The Morgan fingerprint density at radius 3 is 2.48 bits per heavy atom. The summed E-state index contributed by atoms with van der Waals surface area (Å²) in [5.41, 5.74) is -1.02. The van der Waals surface area contributed by atoms with E-state index in [1.807, 2.05) is 0 Å². The number of rotatable bonds is 4. The molecule has 0 unspecified atom stereocenters. The molecule has 7 nitrogen and oxygen atoms in total. The molecule has 0 amide bonds. The van der Waals surface area contributed by atoms with Crippen LogP contribution in [0.25, 0.3) is 10.9 Å². The molecule has 2 aromatic rings. The highest BCUT2D eigenvalue weighted by atomic mass is 32.2. The van der Waals surface area contributed by atoms with E-state index in [-0.39, 0.29) is 5.03 Å². The first-order valence-corrected chi connectivity index (χ1v) is 7.68. The zero-order valence-corrected chi connectivity index (χ0v) is 13.0. The summed E-state index contributed by atoms with van der Waals surface area (Å²) in [6.45, 7) is 2.68. The van der Waals surface area contributed by atoms with Crippen molar-refractivity contribution in [3.8, 4) is 0 Å². The Balaban J connectivity index is 2.68. The quantitative estimate of drug-likeness (QED) is 0.911. The summed E-state index contributed by atoms with van der Waals surface area (Å²) in [6.07, 6.45) is 0. The van der Waals surface area contributed by atoms with E-state index in [4.69, 9.17) is 0 Å². The van der Waals surface area contributed by atoms with Crippen molar-refractivity contribution in [3.63, 3.8) is 0 Å². The van der Waals surface area contributed by atoms with Crippen molar-refractivity contribution < 1.29 is 18.3 Å². The highest BCUT2D eigenvalue weighted by molar-refractivity contribution is 7.89. The van der Waals surface area contributed by atoms with E-state index in [1.165, 1.54) is 32.6 Å². The number of aliphatic carboxylic acids is 1. The van der Waals surface area contributed by atoms with Crippen LogP contribution in [0.1, 0.15) is 13.8 Å². The first-order valence-electron chi connectivity index (χ1n) is 6.24. The number of benzene rings is 1. The summed E-state index contributed by atoms with van der Waals surface area (Å²) in [7, 11) is -1.23. The van der Waals surface area contributed by atoms with Crippen molar-refractivity contribution in [2.24, 2.45) is 7.05 Å². The third-order valence-electron chi connectivity index (χ3n) is 3.60. The van der Waals surface area contributed by atoms with Gasteiger partial charge in [0, 0.05) is 19.5 Å². The minimum absolute atomic E-state index is 0.0186. The molecule has 1 aromatic heterocycles. The molecular formula is C13H17N3O4S. The van der Waals surface area contributed by atoms with Gasteiger partial charge in [0.25, 0.3) is 10.0 Å². The van der Waals surface area contributed by atoms with E-state index in [1.54, 1.807) is 24.3 Å². The molecule has 0 fully saturated rings. The zero-order valence-electron chi connectivity index (χ0n) is 12.2. The minimum Gasteiger partial charge on any atom is -0.480 e. The number of carboxylic acid groups (broad SMARTS) is 1. The second-order valence-electron chi connectivity index (χ2n) is 5.28. The van der Waals surface area contributed by atoms with Gasteiger partial charge in [0.1, 0.15) is 5.54 Å². The lowest BCUT2D eigenvalue weighted by atomic mass is 10.1. The number of hydrogen-bond acceptors (Lipinski definition) is 4. The van der Waals surface area contributed by atoms with Gasteiger partial charge in [0.05, 0.1) is 5.52 Å². The fourth-order valence-corrected chi connectivity index (χ4v) is 3.76. The Morgan fingerprint density at radius 2 is 1.90 bits per heavy atom. The van der Waals surface area contributed by atoms with Crippen LogP contribution in [0.3, 0.4) is 0 Å². The van der Waals surface area contributed by atoms with Crippen molar-refractivity contribution in [2.75, 3.05) is 7.05 Å². The van der Waals surface area contributed by atoms with Gasteiger partial charge in [-0.3, -0.25) is 9.48 Å². The summed E-state index contributed by atoms with van der Waals surface area (Å²) in [5.74, 6) is -1.22. The number of sulfonamides is 1. The molecule has 0 spiro atoms. The van der Waals surface area contributed by atoms with Gasteiger partial charge in [0.15, 0.2) is 5.03 Å². The summed E-state index contributed by atoms with van der Waals surface area (Å²) in [4.78, 5) is 11.3. The molecule has 0 aliphatic carbocycles. The van der Waals surface area contributed by atoms with Crippen LogP contribution in [-0.2, 0) is 21.9 Å². The second kappa shape index (κ2) is 4.81. The molecule has 0 saturated carbocycles. The van der Waals surface area contributed by atoms with Crippen LogP contribution in [0, 0.1) is 0 Å². The Labute approximate surface area is 122 Å². The molecule has 1 N–H and O–H groups in total. The molecule has 2 rings (SSSR count). The van der Waals surface area contributed by atoms with Crippen molar-refractivity contribution in [3.05, 3.63) is 24.3 Å². The van der Waals surface area contributed by atoms with Gasteiger partial charge in [-0.1, -0.05) is 12.1 Å². The van der Waals surface area contributed by atoms with Gasteiger partial charge in [0.2, 0.25) is 0 Å². The summed E-state index contributed by atoms with van der Waals surface area (Å²) < 4.78 is 27.7. The van der Waals surface area contributed by atoms with Crippen LogP contribution in [0.2, 0.25) is 0 Å². The average Bonchev–Trinajstić information content (AvgIpc) is 2.73. The molecule has 0 radical (unpaired) electrons. The first-order chi connectivity index (χ1) is 9.60. The van der Waals surface area contributed by atoms with E-state index in [2.05, 4.69) is 5.10 Å². The SMILES string of the molecule is CN(C(C)(C)C(=O)O)S(=O)(=O)c1c2ccccc2nn1C. The maximum absolute atomic E-state index is 12.8. The Hall–Kier alpha value is -1.93. The van der Waals surface area contributed by atoms with Gasteiger partial charge < -0.3 is 5.11 Å². The molecule has 0 bridgehead atoms. The fourth-order valence-electron chi connectivity index (χ4n) is 1.99. The average molecular weight is 311 g/mol. The summed E-state index contributed by atoms with van der Waals surface area (Å²) in [6, 6.07) is 6.83. The van der Waals surface area contributed by atoms with Gasteiger partial charge >= 0.3 is 5.97 Å². The highest BCUT2D eigenvalue weighted by Gasteiger charge is 2.42. The lowest BCUT2D eigenvalue weighted by Crippen LogP contribution is -2.50. The fraction of sp³-hybridized carbons (Fsp3) is 0.385. The molecule has 0 atom stereocenters. The predicted molar refractivity (Wildman–Crippen MR) is 77.4 cm³/mol. The van der Waals surface area contributed by atoms with Crippen LogP contribution in [0.4, 0.5) is 0 Å². The van der Waals surface area contributed by atoms with Gasteiger partial charge in [-0.15, -0.1) is 0 Å². The van der Waals surface area contributed by atoms with Gasteiger partial charge in [-0.25, -0.2) is 8.42 Å². The van der Waals surface area contributed by atoms with Gasteiger partial charge in [-0.05, 0) is 26.0 Å². The Bertz CT molecular complexity index is 808. The molecule has 1 aromatic carbocycles. The summed E-state index contributed by atoms with van der Waals surface area (Å²) in [5, 5.41) is 13.8. The first kappa shape index (κ1) is 15.5. The van der Waals surface area contributed by atoms with Gasteiger partial charge in [-0.2, -0.15) is 9.40 Å². The number of carbonyl (C=O) groups is 1. The normalized spacial score (nSPS) is 13.0. The minimum atomic E-state index is -4.00. The number of nitrogens with zero attached hydrogens (tertiary/aromatic N) is 3. The van der Waals surface area contributed by atoms with E-state index in [9.17, 15) is 18.3 Å². The van der Waals surface area contributed by atoms with Crippen molar-refractivity contribution in [2.45, 2.75) is 24.4 Å². The van der Waals surface area contributed by atoms with Crippen LogP contribution in [0.5, 0.6) is 0 Å². The standard InChI is InChI=1S/C13H17N3O4S/c1-13(2,12(17)18)16(4)21(19,20)11-9-7-5-6-8-10(9)14-15(11)3/h5-8H,1-4H3,(H,17,18). The number of carboxylic acids is 1. The molecule has 8 heteroatoms. The van der Waals surface area contributed by atoms with E-state index in [0.29, 0.717) is 10.9 Å². The maximum Gasteiger partial charge on any atom is 0.324 e. The number of fused-ring (bicyclic) bond motifs is 1. The third-order valence-corrected chi connectivity index (χ3v) is 5.75. The maximum atomic E-state index is 12.8. The van der Waals surface area contributed by atoms with Crippen LogP contribution in [0.15, 0.2) is 29.3 Å². The molecule has 0 saturated heterocycles. The largest absolute Gasteiger partial charge is 0.480 e. The molecule has 114 valence electrons.